The summed E-state index contributed by atoms with van der Waals surface area (Å²) in [6.07, 6.45) is 8.56. The number of hydrogen-bond donors (Lipinski definition) is 1. The Kier molecular flexibility index (Phi) is 4.86. The minimum absolute atomic E-state index is 0.0386. The maximum atomic E-state index is 12.2. The number of likely N-dealkylation sites (tertiary alicyclic amines) is 1. The molecule has 2 rings (SSSR count). The van der Waals surface area contributed by atoms with Gasteiger partial charge < -0.3 is 10.2 Å². The van der Waals surface area contributed by atoms with Crippen molar-refractivity contribution in [3.8, 4) is 12.3 Å². The molecule has 0 radical (unpaired) electrons. The van der Waals surface area contributed by atoms with Crippen molar-refractivity contribution < 1.29 is 4.79 Å². The summed E-state index contributed by atoms with van der Waals surface area (Å²) < 4.78 is 1.13. The van der Waals surface area contributed by atoms with Gasteiger partial charge in [0.05, 0.1) is 11.2 Å². The number of hydrogen-bond acceptors (Lipinski definition) is 4. The third kappa shape index (κ3) is 3.37. The molecule has 1 atom stereocenters. The van der Waals surface area contributed by atoms with Crippen molar-refractivity contribution in [2.24, 2.45) is 0 Å². The third-order valence-electron chi connectivity index (χ3n) is 3.39. The molecule has 1 unspecified atom stereocenters. The molecule has 1 aromatic rings. The first-order valence-corrected chi connectivity index (χ1v) is 7.16. The predicted octanol–water partition coefficient (Wildman–Crippen LogP) is 0.953. The molecule has 2 heterocycles. The van der Waals surface area contributed by atoms with E-state index in [0.29, 0.717) is 0 Å². The number of halogens is 1. The Balaban J connectivity index is 2.18. The number of rotatable bonds is 4. The van der Waals surface area contributed by atoms with Crippen molar-refractivity contribution in [3.63, 3.8) is 0 Å². The lowest BCUT2D eigenvalue weighted by atomic mass is 10.2. The number of aromatic nitrogens is 2. The van der Waals surface area contributed by atoms with Gasteiger partial charge >= 0.3 is 0 Å². The van der Waals surface area contributed by atoms with Crippen LogP contribution in [-0.4, -0.2) is 39.7 Å². The molecular formula is C14H17ClN4O2. The van der Waals surface area contributed by atoms with Crippen LogP contribution in [0.2, 0.25) is 5.02 Å². The van der Waals surface area contributed by atoms with Crippen LogP contribution in [0.1, 0.15) is 19.8 Å². The molecule has 0 aliphatic carbocycles. The Morgan fingerprint density at radius 1 is 1.57 bits per heavy atom. The average molecular weight is 309 g/mol. The van der Waals surface area contributed by atoms with Gasteiger partial charge in [-0.3, -0.25) is 9.59 Å². The molecule has 7 heteroatoms. The van der Waals surface area contributed by atoms with Gasteiger partial charge in [0.1, 0.15) is 18.3 Å². The number of terminal acetylenes is 1. The van der Waals surface area contributed by atoms with Crippen molar-refractivity contribution in [1.82, 2.24) is 14.7 Å². The maximum absolute atomic E-state index is 12.2. The van der Waals surface area contributed by atoms with Crippen molar-refractivity contribution in [2.45, 2.75) is 32.4 Å². The summed E-state index contributed by atoms with van der Waals surface area (Å²) in [4.78, 5) is 26.2. The Morgan fingerprint density at radius 3 is 2.86 bits per heavy atom. The molecule has 1 aliphatic heterocycles. The molecule has 1 N–H and O–H groups in total. The molecule has 0 spiro atoms. The second kappa shape index (κ2) is 6.64. The van der Waals surface area contributed by atoms with E-state index in [9.17, 15) is 9.59 Å². The standard InChI is InChI=1S/C14H17ClN4O2/c1-3-6-19-14(21)12(11(15)9-16-19)17-10(2)13(20)18-7-4-5-8-18/h1,9-10,17H,4-8H2,2H3. The quantitative estimate of drug-likeness (QED) is 0.841. The Bertz CT molecular complexity index is 629. The maximum Gasteiger partial charge on any atom is 0.292 e. The van der Waals surface area contributed by atoms with E-state index < -0.39 is 11.6 Å². The van der Waals surface area contributed by atoms with Gasteiger partial charge in [-0.2, -0.15) is 5.10 Å². The minimum Gasteiger partial charge on any atom is -0.368 e. The number of carbonyl (C=O) groups is 1. The second-order valence-corrected chi connectivity index (χ2v) is 5.34. The van der Waals surface area contributed by atoms with Crippen LogP contribution >= 0.6 is 11.6 Å². The van der Waals surface area contributed by atoms with E-state index in [2.05, 4.69) is 16.3 Å². The average Bonchev–Trinajstić information content (AvgIpc) is 2.99. The zero-order chi connectivity index (χ0) is 15.4. The molecule has 0 aromatic carbocycles. The number of nitrogens with one attached hydrogen (secondary N) is 1. The first-order chi connectivity index (χ1) is 10.0. The van der Waals surface area contributed by atoms with Crippen LogP contribution in [0.4, 0.5) is 5.69 Å². The van der Waals surface area contributed by atoms with E-state index in [1.54, 1.807) is 11.8 Å². The summed E-state index contributed by atoms with van der Waals surface area (Å²) in [5.74, 6) is 2.31. The molecule has 21 heavy (non-hydrogen) atoms. The summed E-state index contributed by atoms with van der Waals surface area (Å²) in [7, 11) is 0. The molecule has 1 aliphatic rings. The van der Waals surface area contributed by atoms with Crippen LogP contribution in [-0.2, 0) is 11.3 Å². The van der Waals surface area contributed by atoms with E-state index >= 15 is 0 Å². The summed E-state index contributed by atoms with van der Waals surface area (Å²) in [5.41, 5.74) is -0.275. The summed E-state index contributed by atoms with van der Waals surface area (Å²) in [5, 5.41) is 6.92. The lowest BCUT2D eigenvalue weighted by molar-refractivity contribution is -0.130. The number of nitrogens with zero attached hydrogens (tertiary/aromatic N) is 3. The van der Waals surface area contributed by atoms with E-state index in [1.807, 2.05) is 0 Å². The first kappa shape index (κ1) is 15.4. The monoisotopic (exact) mass is 308 g/mol. The summed E-state index contributed by atoms with van der Waals surface area (Å²) >= 11 is 6.00. The highest BCUT2D eigenvalue weighted by Crippen LogP contribution is 2.17. The highest BCUT2D eigenvalue weighted by molar-refractivity contribution is 6.33. The molecule has 1 aromatic heterocycles. The molecular weight excluding hydrogens is 292 g/mol. The van der Waals surface area contributed by atoms with Gasteiger partial charge in [0.2, 0.25) is 5.91 Å². The molecule has 0 saturated carbocycles. The molecule has 1 saturated heterocycles. The Labute approximate surface area is 128 Å². The first-order valence-electron chi connectivity index (χ1n) is 6.79. The number of amides is 1. The Hall–Kier alpha value is -2.00. The highest BCUT2D eigenvalue weighted by Gasteiger charge is 2.24. The second-order valence-electron chi connectivity index (χ2n) is 4.93. The van der Waals surface area contributed by atoms with Gasteiger partial charge in [-0.25, -0.2) is 4.68 Å². The minimum atomic E-state index is -0.532. The summed E-state index contributed by atoms with van der Waals surface area (Å²) in [6.45, 7) is 3.29. The normalized spacial score (nSPS) is 15.6. The van der Waals surface area contributed by atoms with Crippen LogP contribution in [0.3, 0.4) is 0 Å². The van der Waals surface area contributed by atoms with Gasteiger partial charge in [-0.1, -0.05) is 17.5 Å². The van der Waals surface area contributed by atoms with Crippen LogP contribution < -0.4 is 10.9 Å². The van der Waals surface area contributed by atoms with Gasteiger partial charge in [0.15, 0.2) is 0 Å². The van der Waals surface area contributed by atoms with Gasteiger partial charge in [-0.05, 0) is 19.8 Å². The number of carbonyl (C=O) groups excluding carboxylic acids is 1. The molecule has 1 fully saturated rings. The zero-order valence-corrected chi connectivity index (χ0v) is 12.6. The topological polar surface area (TPSA) is 67.2 Å². The third-order valence-corrected chi connectivity index (χ3v) is 3.67. The van der Waals surface area contributed by atoms with Gasteiger partial charge in [-0.15, -0.1) is 6.42 Å². The van der Waals surface area contributed by atoms with Crippen molar-refractivity contribution in [1.29, 1.82) is 0 Å². The Morgan fingerprint density at radius 2 is 2.24 bits per heavy atom. The summed E-state index contributed by atoms with van der Waals surface area (Å²) in [6, 6.07) is -0.532. The van der Waals surface area contributed by atoms with Gasteiger partial charge in [0.25, 0.3) is 5.56 Å². The van der Waals surface area contributed by atoms with Crippen LogP contribution in [0, 0.1) is 12.3 Å². The SMILES string of the molecule is C#CCn1ncc(Cl)c(NC(C)C(=O)N2CCCC2)c1=O. The predicted molar refractivity (Wildman–Crippen MR) is 81.2 cm³/mol. The molecule has 6 nitrogen and oxygen atoms in total. The number of anilines is 1. The van der Waals surface area contributed by atoms with E-state index in [-0.39, 0.29) is 23.2 Å². The van der Waals surface area contributed by atoms with E-state index in [1.165, 1.54) is 6.20 Å². The van der Waals surface area contributed by atoms with Crippen molar-refractivity contribution in [2.75, 3.05) is 18.4 Å². The molecule has 0 bridgehead atoms. The van der Waals surface area contributed by atoms with Gasteiger partial charge in [0, 0.05) is 13.1 Å². The molecule has 1 amide bonds. The van der Waals surface area contributed by atoms with Crippen molar-refractivity contribution >= 4 is 23.2 Å². The van der Waals surface area contributed by atoms with Crippen LogP contribution in [0.15, 0.2) is 11.0 Å². The van der Waals surface area contributed by atoms with Crippen molar-refractivity contribution in [3.05, 3.63) is 21.6 Å². The zero-order valence-electron chi connectivity index (χ0n) is 11.8. The fraction of sp³-hybridized carbons (Fsp3) is 0.500. The van der Waals surface area contributed by atoms with E-state index in [0.717, 1.165) is 30.6 Å². The lowest BCUT2D eigenvalue weighted by Crippen LogP contribution is -2.41. The smallest absolute Gasteiger partial charge is 0.292 e. The lowest BCUT2D eigenvalue weighted by Gasteiger charge is -2.22. The van der Waals surface area contributed by atoms with E-state index in [4.69, 9.17) is 18.0 Å². The fourth-order valence-corrected chi connectivity index (χ4v) is 2.47. The highest BCUT2D eigenvalue weighted by atomic mass is 35.5. The largest absolute Gasteiger partial charge is 0.368 e. The van der Waals surface area contributed by atoms with Crippen LogP contribution in [0.25, 0.3) is 0 Å². The van der Waals surface area contributed by atoms with Crippen LogP contribution in [0.5, 0.6) is 0 Å². The molecule has 112 valence electrons. The fourth-order valence-electron chi connectivity index (χ4n) is 2.29.